The van der Waals surface area contributed by atoms with Crippen LogP contribution in [-0.4, -0.2) is 47.6 Å². The summed E-state index contributed by atoms with van der Waals surface area (Å²) in [6.07, 6.45) is 13.0. The van der Waals surface area contributed by atoms with Crippen LogP contribution >= 0.6 is 0 Å². The van der Waals surface area contributed by atoms with Crippen molar-refractivity contribution >= 4 is 22.8 Å². The van der Waals surface area contributed by atoms with Crippen LogP contribution in [0.1, 0.15) is 70.6 Å². The number of ketones is 1. The fourth-order valence-corrected chi connectivity index (χ4v) is 5.52. The predicted octanol–water partition coefficient (Wildman–Crippen LogP) is 5.87. The van der Waals surface area contributed by atoms with Gasteiger partial charge in [-0.25, -0.2) is 0 Å². The lowest BCUT2D eigenvalue weighted by Crippen LogP contribution is -2.50. The Kier molecular flexibility index (Phi) is 7.52. The standard InChI is InChI=1S/C28H40N2O2/c1-4-5-6-7-8-11-16-30-25-13-10-9-12-23(25)24-14-15-28(3,21-26(24)30)27(31)22(2)29-17-19-32-20-18-29/h9-10,12-15,22H,4-8,11,16-21H2,1-3H3. The van der Waals surface area contributed by atoms with E-state index in [9.17, 15) is 4.79 Å². The molecule has 2 unspecified atom stereocenters. The number of fused-ring (bicyclic) bond motifs is 3. The van der Waals surface area contributed by atoms with Crippen LogP contribution in [0.25, 0.3) is 17.0 Å². The molecule has 4 rings (SSSR count). The van der Waals surface area contributed by atoms with Crippen molar-refractivity contribution in [3.8, 4) is 0 Å². The van der Waals surface area contributed by atoms with E-state index in [-0.39, 0.29) is 6.04 Å². The smallest absolute Gasteiger partial charge is 0.159 e. The van der Waals surface area contributed by atoms with Gasteiger partial charge < -0.3 is 9.30 Å². The number of hydrogen-bond acceptors (Lipinski definition) is 3. The van der Waals surface area contributed by atoms with Crippen LogP contribution in [0.5, 0.6) is 0 Å². The Bertz CT molecular complexity index is 954. The van der Waals surface area contributed by atoms with Gasteiger partial charge >= 0.3 is 0 Å². The molecule has 0 radical (unpaired) electrons. The summed E-state index contributed by atoms with van der Waals surface area (Å²) in [4.78, 5) is 16.0. The van der Waals surface area contributed by atoms with E-state index >= 15 is 0 Å². The van der Waals surface area contributed by atoms with Crippen molar-refractivity contribution in [3.05, 3.63) is 41.6 Å². The average molecular weight is 437 g/mol. The number of aromatic nitrogens is 1. The molecule has 0 amide bonds. The van der Waals surface area contributed by atoms with Crippen molar-refractivity contribution in [2.75, 3.05) is 26.3 Å². The number of carbonyl (C=O) groups is 1. The number of nitrogens with zero attached hydrogens (tertiary/aromatic N) is 2. The Morgan fingerprint density at radius 2 is 1.81 bits per heavy atom. The summed E-state index contributed by atoms with van der Waals surface area (Å²) in [7, 11) is 0. The molecule has 1 aromatic heterocycles. The lowest BCUT2D eigenvalue weighted by molar-refractivity contribution is -0.132. The Labute approximate surface area is 193 Å². The SMILES string of the molecule is CCCCCCCCn1c2c(c3ccccc31)C=CC(C)(C(=O)C(C)N1CCOCC1)C2. The number of morpholine rings is 1. The number of allylic oxidation sites excluding steroid dienone is 1. The van der Waals surface area contributed by atoms with E-state index in [1.165, 1.54) is 60.7 Å². The average Bonchev–Trinajstić information content (AvgIpc) is 3.13. The first-order valence-electron chi connectivity index (χ1n) is 12.7. The minimum absolute atomic E-state index is 0.0773. The summed E-state index contributed by atoms with van der Waals surface area (Å²) < 4.78 is 8.01. The highest BCUT2D eigenvalue weighted by Gasteiger charge is 2.40. The lowest BCUT2D eigenvalue weighted by atomic mass is 9.74. The number of para-hydroxylation sites is 1. The van der Waals surface area contributed by atoms with Gasteiger partial charge in [0.2, 0.25) is 0 Å². The highest BCUT2D eigenvalue weighted by Crippen LogP contribution is 2.39. The molecule has 2 aliphatic rings. The Morgan fingerprint density at radius 1 is 1.09 bits per heavy atom. The molecule has 2 atom stereocenters. The number of rotatable bonds is 10. The number of hydrogen-bond donors (Lipinski definition) is 0. The molecular formula is C28H40N2O2. The molecule has 4 nitrogen and oxygen atoms in total. The Morgan fingerprint density at radius 3 is 2.59 bits per heavy atom. The van der Waals surface area contributed by atoms with Crippen molar-refractivity contribution < 1.29 is 9.53 Å². The molecule has 174 valence electrons. The Balaban J connectivity index is 1.55. The van der Waals surface area contributed by atoms with Crippen LogP contribution in [0.15, 0.2) is 30.3 Å². The minimum Gasteiger partial charge on any atom is -0.379 e. The maximum absolute atomic E-state index is 13.7. The molecule has 1 aliphatic heterocycles. The topological polar surface area (TPSA) is 34.5 Å². The maximum atomic E-state index is 13.7. The first-order valence-corrected chi connectivity index (χ1v) is 12.7. The van der Waals surface area contributed by atoms with Crippen molar-refractivity contribution in [2.45, 2.75) is 78.3 Å². The molecule has 0 saturated carbocycles. The zero-order valence-corrected chi connectivity index (χ0v) is 20.2. The molecule has 0 N–H and O–H groups in total. The lowest BCUT2D eigenvalue weighted by Gasteiger charge is -2.37. The van der Waals surface area contributed by atoms with Crippen LogP contribution in [-0.2, 0) is 22.5 Å². The van der Waals surface area contributed by atoms with Gasteiger partial charge in [-0.15, -0.1) is 0 Å². The molecule has 1 aliphatic carbocycles. The van der Waals surface area contributed by atoms with Gasteiger partial charge in [-0.3, -0.25) is 9.69 Å². The predicted molar refractivity (Wildman–Crippen MR) is 133 cm³/mol. The van der Waals surface area contributed by atoms with Gasteiger partial charge in [0.1, 0.15) is 0 Å². The maximum Gasteiger partial charge on any atom is 0.159 e. The minimum atomic E-state index is -0.460. The third kappa shape index (κ3) is 4.72. The van der Waals surface area contributed by atoms with E-state index in [0.29, 0.717) is 5.78 Å². The van der Waals surface area contributed by atoms with Gasteiger partial charge in [-0.2, -0.15) is 0 Å². The monoisotopic (exact) mass is 436 g/mol. The number of unbranched alkanes of at least 4 members (excludes halogenated alkanes) is 5. The number of ether oxygens (including phenoxy) is 1. The summed E-state index contributed by atoms with van der Waals surface area (Å²) in [5, 5.41) is 1.32. The zero-order valence-electron chi connectivity index (χ0n) is 20.2. The van der Waals surface area contributed by atoms with Gasteiger partial charge in [-0.05, 0) is 26.3 Å². The van der Waals surface area contributed by atoms with Crippen molar-refractivity contribution in [1.29, 1.82) is 0 Å². The second-order valence-electron chi connectivity index (χ2n) is 9.91. The number of benzene rings is 1. The highest BCUT2D eigenvalue weighted by molar-refractivity contribution is 5.97. The summed E-state index contributed by atoms with van der Waals surface area (Å²) >= 11 is 0. The van der Waals surface area contributed by atoms with Crippen LogP contribution < -0.4 is 0 Å². The zero-order chi connectivity index (χ0) is 22.6. The Hall–Kier alpha value is -1.91. The van der Waals surface area contributed by atoms with Crippen LogP contribution in [0.2, 0.25) is 0 Å². The van der Waals surface area contributed by atoms with E-state index in [4.69, 9.17) is 4.74 Å². The van der Waals surface area contributed by atoms with E-state index in [2.05, 4.69) is 66.7 Å². The van der Waals surface area contributed by atoms with Gasteiger partial charge in [0.15, 0.2) is 5.78 Å². The van der Waals surface area contributed by atoms with Gasteiger partial charge in [0, 0.05) is 48.2 Å². The third-order valence-electron chi connectivity index (χ3n) is 7.55. The molecule has 2 aromatic rings. The highest BCUT2D eigenvalue weighted by atomic mass is 16.5. The summed E-state index contributed by atoms with van der Waals surface area (Å²) in [6.45, 7) is 10.7. The molecule has 4 heteroatoms. The second kappa shape index (κ2) is 10.4. The summed E-state index contributed by atoms with van der Waals surface area (Å²) in [5.41, 5.74) is 3.51. The van der Waals surface area contributed by atoms with Gasteiger partial charge in [0.05, 0.1) is 24.7 Å². The van der Waals surface area contributed by atoms with E-state index < -0.39 is 5.41 Å². The van der Waals surface area contributed by atoms with Crippen molar-refractivity contribution in [3.63, 3.8) is 0 Å². The van der Waals surface area contributed by atoms with Crippen LogP contribution in [0.3, 0.4) is 0 Å². The molecule has 0 spiro atoms. The quantitative estimate of drug-likeness (QED) is 0.437. The van der Waals surface area contributed by atoms with E-state index in [1.54, 1.807) is 0 Å². The fourth-order valence-electron chi connectivity index (χ4n) is 5.52. The third-order valence-corrected chi connectivity index (χ3v) is 7.55. The number of aryl methyl sites for hydroxylation is 1. The molecule has 2 heterocycles. The van der Waals surface area contributed by atoms with E-state index in [0.717, 1.165) is 39.3 Å². The molecule has 0 bridgehead atoms. The fraction of sp³-hybridized carbons (Fsp3) is 0.607. The van der Waals surface area contributed by atoms with Gasteiger partial charge in [0.25, 0.3) is 0 Å². The van der Waals surface area contributed by atoms with Gasteiger partial charge in [-0.1, -0.05) is 69.4 Å². The number of carbonyl (C=O) groups excluding carboxylic acids is 1. The first-order chi connectivity index (χ1) is 15.5. The normalized spacial score (nSPS) is 22.2. The van der Waals surface area contributed by atoms with Crippen LogP contribution in [0.4, 0.5) is 0 Å². The molecule has 1 saturated heterocycles. The second-order valence-corrected chi connectivity index (χ2v) is 9.91. The molecular weight excluding hydrogens is 396 g/mol. The molecule has 1 aromatic carbocycles. The molecule has 1 fully saturated rings. The summed E-state index contributed by atoms with van der Waals surface area (Å²) in [6, 6.07) is 8.67. The molecule has 32 heavy (non-hydrogen) atoms. The largest absolute Gasteiger partial charge is 0.379 e. The summed E-state index contributed by atoms with van der Waals surface area (Å²) in [5.74, 6) is 0.331. The van der Waals surface area contributed by atoms with E-state index in [1.807, 2.05) is 0 Å². The van der Waals surface area contributed by atoms with Crippen LogP contribution in [0, 0.1) is 5.41 Å². The van der Waals surface area contributed by atoms with Crippen molar-refractivity contribution in [2.24, 2.45) is 5.41 Å². The number of Topliss-reactive ketones (excluding diaryl/α,β-unsaturated/α-hetero) is 1. The first kappa shape index (κ1) is 23.3. The van der Waals surface area contributed by atoms with Crippen molar-refractivity contribution in [1.82, 2.24) is 9.47 Å².